The summed E-state index contributed by atoms with van der Waals surface area (Å²) < 4.78 is 10.7. The number of likely N-dealkylation sites (tertiary alicyclic amines) is 1. The van der Waals surface area contributed by atoms with Crippen LogP contribution < -0.4 is 5.32 Å². The molecule has 0 radical (unpaired) electrons. The predicted molar refractivity (Wildman–Crippen MR) is 84.9 cm³/mol. The molecule has 0 bridgehead atoms. The minimum atomic E-state index is -0.0184. The van der Waals surface area contributed by atoms with E-state index < -0.39 is 0 Å². The zero-order valence-corrected chi connectivity index (χ0v) is 13.7. The highest BCUT2D eigenvalue weighted by atomic mass is 16.5. The third kappa shape index (κ3) is 3.64. The number of nitrogens with zero attached hydrogens (tertiary/aromatic N) is 2. The van der Waals surface area contributed by atoms with Crippen molar-refractivity contribution in [2.75, 3.05) is 19.6 Å². The third-order valence-corrected chi connectivity index (χ3v) is 4.46. The third-order valence-electron chi connectivity index (χ3n) is 4.46. The van der Waals surface area contributed by atoms with Gasteiger partial charge in [-0.3, -0.25) is 9.69 Å². The Hall–Kier alpha value is -2.08. The van der Waals surface area contributed by atoms with Gasteiger partial charge in [-0.25, -0.2) is 0 Å². The molecule has 124 valence electrons. The number of furan rings is 1. The van der Waals surface area contributed by atoms with Gasteiger partial charge >= 0.3 is 0 Å². The molecular weight excluding hydrogens is 294 g/mol. The lowest BCUT2D eigenvalue weighted by molar-refractivity contribution is -0.120. The second-order valence-electron chi connectivity index (χ2n) is 6.06. The lowest BCUT2D eigenvalue weighted by Gasteiger charge is -2.26. The first-order valence-corrected chi connectivity index (χ1v) is 8.11. The Labute approximate surface area is 135 Å². The Morgan fingerprint density at radius 3 is 2.78 bits per heavy atom. The van der Waals surface area contributed by atoms with Crippen molar-refractivity contribution in [2.24, 2.45) is 0 Å². The van der Waals surface area contributed by atoms with Crippen LogP contribution in [0.4, 0.5) is 0 Å². The Bertz CT molecular complexity index is 623. The Balaban J connectivity index is 1.61. The summed E-state index contributed by atoms with van der Waals surface area (Å²) in [6, 6.07) is 3.97. The van der Waals surface area contributed by atoms with E-state index >= 15 is 0 Å². The first-order chi connectivity index (χ1) is 11.1. The highest BCUT2D eigenvalue weighted by Gasteiger charge is 2.26. The second-order valence-corrected chi connectivity index (χ2v) is 6.06. The lowest BCUT2D eigenvalue weighted by atomic mass is 10.1. The molecule has 23 heavy (non-hydrogen) atoms. The molecule has 6 heteroatoms. The monoisotopic (exact) mass is 317 g/mol. The van der Waals surface area contributed by atoms with Crippen molar-refractivity contribution in [3.63, 3.8) is 0 Å². The standard InChI is InChI=1S/C17H23N3O3/c1-12-14(13(2)23-19-12)10-17(21)18-11-15(16-6-5-9-22-16)20-7-3-4-8-20/h5-6,9,15H,3-4,7-8,10-11H2,1-2H3,(H,18,21). The molecule has 0 aromatic carbocycles. The van der Waals surface area contributed by atoms with E-state index in [4.69, 9.17) is 8.94 Å². The van der Waals surface area contributed by atoms with Gasteiger partial charge in [-0.05, 0) is 51.9 Å². The van der Waals surface area contributed by atoms with Crippen molar-refractivity contribution in [3.05, 3.63) is 41.2 Å². The molecule has 0 saturated carbocycles. The molecule has 0 spiro atoms. The van der Waals surface area contributed by atoms with Gasteiger partial charge in [0.2, 0.25) is 5.91 Å². The minimum absolute atomic E-state index is 0.0184. The topological polar surface area (TPSA) is 71.5 Å². The number of carbonyl (C=O) groups excluding carboxylic acids is 1. The van der Waals surface area contributed by atoms with E-state index in [-0.39, 0.29) is 11.9 Å². The van der Waals surface area contributed by atoms with Gasteiger partial charge in [-0.15, -0.1) is 0 Å². The van der Waals surface area contributed by atoms with Gasteiger partial charge in [0.15, 0.2) is 0 Å². The van der Waals surface area contributed by atoms with E-state index in [1.165, 1.54) is 12.8 Å². The molecule has 1 aliphatic rings. The van der Waals surface area contributed by atoms with E-state index in [1.54, 1.807) is 6.26 Å². The summed E-state index contributed by atoms with van der Waals surface area (Å²) >= 11 is 0. The van der Waals surface area contributed by atoms with Crippen LogP contribution in [0.5, 0.6) is 0 Å². The fourth-order valence-electron chi connectivity index (χ4n) is 3.13. The van der Waals surface area contributed by atoms with E-state index in [2.05, 4.69) is 15.4 Å². The van der Waals surface area contributed by atoms with Crippen molar-refractivity contribution < 1.29 is 13.7 Å². The smallest absolute Gasteiger partial charge is 0.224 e. The van der Waals surface area contributed by atoms with Crippen LogP contribution in [0.1, 0.15) is 41.7 Å². The molecule has 1 unspecified atom stereocenters. The van der Waals surface area contributed by atoms with E-state index in [1.807, 2.05) is 26.0 Å². The number of amides is 1. The number of aromatic nitrogens is 1. The maximum atomic E-state index is 12.3. The SMILES string of the molecule is Cc1noc(C)c1CC(=O)NCC(c1ccco1)N1CCCC1. The molecule has 1 atom stereocenters. The average molecular weight is 317 g/mol. The van der Waals surface area contributed by atoms with E-state index in [0.29, 0.717) is 18.7 Å². The molecular formula is C17H23N3O3. The van der Waals surface area contributed by atoms with E-state index in [9.17, 15) is 4.79 Å². The molecule has 0 aliphatic carbocycles. The summed E-state index contributed by atoms with van der Waals surface area (Å²) in [6.45, 7) is 6.33. The molecule has 1 saturated heterocycles. The number of nitrogens with one attached hydrogen (secondary N) is 1. The zero-order valence-electron chi connectivity index (χ0n) is 13.7. The maximum absolute atomic E-state index is 12.3. The van der Waals surface area contributed by atoms with Crippen molar-refractivity contribution in [2.45, 2.75) is 39.2 Å². The summed E-state index contributed by atoms with van der Waals surface area (Å²) in [5.41, 5.74) is 1.65. The first-order valence-electron chi connectivity index (χ1n) is 8.11. The number of hydrogen-bond acceptors (Lipinski definition) is 5. The van der Waals surface area contributed by atoms with Crippen LogP contribution >= 0.6 is 0 Å². The normalized spacial score (nSPS) is 16.6. The Morgan fingerprint density at radius 1 is 1.39 bits per heavy atom. The van der Waals surface area contributed by atoms with Crippen molar-refractivity contribution in [1.29, 1.82) is 0 Å². The van der Waals surface area contributed by atoms with Crippen LogP contribution in [-0.4, -0.2) is 35.6 Å². The van der Waals surface area contributed by atoms with Crippen LogP contribution in [0.25, 0.3) is 0 Å². The van der Waals surface area contributed by atoms with Crippen molar-refractivity contribution >= 4 is 5.91 Å². The summed E-state index contributed by atoms with van der Waals surface area (Å²) in [5.74, 6) is 1.60. The first kappa shape index (κ1) is 15.8. The Kier molecular flexibility index (Phi) is 4.81. The molecule has 3 rings (SSSR count). The van der Waals surface area contributed by atoms with Crippen LogP contribution in [0.15, 0.2) is 27.3 Å². The highest BCUT2D eigenvalue weighted by Crippen LogP contribution is 2.25. The van der Waals surface area contributed by atoms with Gasteiger partial charge in [-0.1, -0.05) is 5.16 Å². The average Bonchev–Trinajstić information content (AvgIpc) is 3.27. The second kappa shape index (κ2) is 7.00. The van der Waals surface area contributed by atoms with Crippen LogP contribution in [0.2, 0.25) is 0 Å². The molecule has 1 aliphatic heterocycles. The van der Waals surface area contributed by atoms with Crippen LogP contribution in [0.3, 0.4) is 0 Å². The number of rotatable bonds is 6. The Morgan fingerprint density at radius 2 is 2.17 bits per heavy atom. The molecule has 1 fully saturated rings. The summed E-state index contributed by atoms with van der Waals surface area (Å²) in [5, 5.41) is 6.92. The number of aryl methyl sites for hydroxylation is 2. The van der Waals surface area contributed by atoms with E-state index in [0.717, 1.165) is 30.1 Å². The molecule has 1 amide bonds. The largest absolute Gasteiger partial charge is 0.468 e. The molecule has 3 heterocycles. The molecule has 6 nitrogen and oxygen atoms in total. The lowest BCUT2D eigenvalue weighted by Crippen LogP contribution is -2.37. The summed E-state index contributed by atoms with van der Waals surface area (Å²) in [4.78, 5) is 14.6. The maximum Gasteiger partial charge on any atom is 0.224 e. The van der Waals surface area contributed by atoms with Gasteiger partial charge in [-0.2, -0.15) is 0 Å². The van der Waals surface area contributed by atoms with Gasteiger partial charge in [0, 0.05) is 12.1 Å². The van der Waals surface area contributed by atoms with Crippen molar-refractivity contribution in [1.82, 2.24) is 15.4 Å². The predicted octanol–water partition coefficient (Wildman–Crippen LogP) is 2.38. The van der Waals surface area contributed by atoms with Crippen molar-refractivity contribution in [3.8, 4) is 0 Å². The molecule has 2 aromatic heterocycles. The van der Waals surface area contributed by atoms with Crippen LogP contribution in [0, 0.1) is 13.8 Å². The molecule has 2 aromatic rings. The fourth-order valence-corrected chi connectivity index (χ4v) is 3.13. The fraction of sp³-hybridized carbons (Fsp3) is 0.529. The van der Waals surface area contributed by atoms with Gasteiger partial charge in [0.25, 0.3) is 0 Å². The molecule has 1 N–H and O–H groups in total. The van der Waals surface area contributed by atoms with Gasteiger partial charge < -0.3 is 14.3 Å². The number of carbonyl (C=O) groups is 1. The van der Waals surface area contributed by atoms with Gasteiger partial charge in [0.05, 0.1) is 24.4 Å². The quantitative estimate of drug-likeness (QED) is 0.885. The zero-order chi connectivity index (χ0) is 16.2. The van der Waals surface area contributed by atoms with Crippen LogP contribution in [-0.2, 0) is 11.2 Å². The minimum Gasteiger partial charge on any atom is -0.468 e. The van der Waals surface area contributed by atoms with Gasteiger partial charge in [0.1, 0.15) is 11.5 Å². The number of hydrogen-bond donors (Lipinski definition) is 1. The highest BCUT2D eigenvalue weighted by molar-refractivity contribution is 5.79. The summed E-state index contributed by atoms with van der Waals surface area (Å²) in [6.07, 6.45) is 4.38. The summed E-state index contributed by atoms with van der Waals surface area (Å²) in [7, 11) is 0.